The molecule has 4 heteroatoms. The topological polar surface area (TPSA) is 30.7 Å². The summed E-state index contributed by atoms with van der Waals surface area (Å²) in [5.41, 5.74) is 0. The maximum Gasteiger partial charge on any atom is 0.190 e. The van der Waals surface area contributed by atoms with Gasteiger partial charge in [0.2, 0.25) is 0 Å². The molecule has 3 nitrogen and oxygen atoms in total. The van der Waals surface area contributed by atoms with Crippen molar-refractivity contribution in [3.05, 3.63) is 36.7 Å². The Balaban J connectivity index is 2.19. The third-order valence-corrected chi connectivity index (χ3v) is 2.84. The molecular formula is C10H11N3S. The molecule has 0 atom stereocenters. The molecule has 0 fully saturated rings. The van der Waals surface area contributed by atoms with E-state index in [1.54, 1.807) is 18.1 Å². The highest BCUT2D eigenvalue weighted by Crippen LogP contribution is 2.24. The molecule has 2 rings (SSSR count). The number of nitrogens with zero attached hydrogens (tertiary/aromatic N) is 3. The average Bonchev–Trinajstić information content (AvgIpc) is 2.67. The van der Waals surface area contributed by atoms with Crippen LogP contribution in [0.1, 0.15) is 6.92 Å². The number of benzene rings is 1. The smallest absolute Gasteiger partial charge is 0.190 e. The highest BCUT2D eigenvalue weighted by atomic mass is 32.2. The van der Waals surface area contributed by atoms with E-state index in [0.717, 1.165) is 11.7 Å². The third kappa shape index (κ3) is 1.96. The van der Waals surface area contributed by atoms with Crippen molar-refractivity contribution in [2.45, 2.75) is 23.5 Å². The highest BCUT2D eigenvalue weighted by molar-refractivity contribution is 7.99. The van der Waals surface area contributed by atoms with Crippen LogP contribution in [0.2, 0.25) is 0 Å². The lowest BCUT2D eigenvalue weighted by atomic mass is 10.4. The van der Waals surface area contributed by atoms with Crippen LogP contribution in [0.4, 0.5) is 0 Å². The fraction of sp³-hybridized carbons (Fsp3) is 0.200. The van der Waals surface area contributed by atoms with Gasteiger partial charge in [-0.05, 0) is 19.1 Å². The lowest BCUT2D eigenvalue weighted by molar-refractivity contribution is 0.595. The van der Waals surface area contributed by atoms with Gasteiger partial charge in [0.05, 0.1) is 0 Å². The van der Waals surface area contributed by atoms with Crippen molar-refractivity contribution >= 4 is 11.8 Å². The van der Waals surface area contributed by atoms with E-state index in [1.807, 2.05) is 22.9 Å². The van der Waals surface area contributed by atoms with Crippen molar-refractivity contribution in [2.75, 3.05) is 0 Å². The van der Waals surface area contributed by atoms with E-state index in [9.17, 15) is 0 Å². The van der Waals surface area contributed by atoms with Gasteiger partial charge in [0.1, 0.15) is 6.33 Å². The van der Waals surface area contributed by atoms with E-state index < -0.39 is 0 Å². The maximum atomic E-state index is 4.20. The van der Waals surface area contributed by atoms with Crippen molar-refractivity contribution in [1.82, 2.24) is 14.8 Å². The zero-order chi connectivity index (χ0) is 9.80. The monoisotopic (exact) mass is 205 g/mol. The second-order valence-electron chi connectivity index (χ2n) is 2.77. The number of hydrogen-bond acceptors (Lipinski definition) is 3. The first-order valence-corrected chi connectivity index (χ1v) is 5.32. The van der Waals surface area contributed by atoms with Crippen LogP contribution in [0.15, 0.2) is 46.7 Å². The first kappa shape index (κ1) is 9.27. The van der Waals surface area contributed by atoms with Gasteiger partial charge in [-0.25, -0.2) is 9.67 Å². The van der Waals surface area contributed by atoms with E-state index in [-0.39, 0.29) is 0 Å². The predicted octanol–water partition coefficient (Wildman–Crippen LogP) is 2.45. The van der Waals surface area contributed by atoms with Crippen LogP contribution < -0.4 is 0 Å². The second-order valence-corrected chi connectivity index (χ2v) is 3.81. The first-order chi connectivity index (χ1) is 6.90. The van der Waals surface area contributed by atoms with Gasteiger partial charge in [-0.15, -0.1) is 0 Å². The molecule has 0 aliphatic heterocycles. The Morgan fingerprint density at radius 3 is 2.79 bits per heavy atom. The minimum Gasteiger partial charge on any atom is -0.241 e. The van der Waals surface area contributed by atoms with Crippen LogP contribution in [0.25, 0.3) is 0 Å². The number of aromatic nitrogens is 3. The van der Waals surface area contributed by atoms with E-state index in [0.29, 0.717) is 0 Å². The normalized spacial score (nSPS) is 10.4. The molecular weight excluding hydrogens is 194 g/mol. The van der Waals surface area contributed by atoms with E-state index in [1.165, 1.54) is 4.90 Å². The van der Waals surface area contributed by atoms with Gasteiger partial charge in [-0.1, -0.05) is 30.0 Å². The Labute approximate surface area is 87.2 Å². The molecule has 0 amide bonds. The van der Waals surface area contributed by atoms with Crippen LogP contribution >= 0.6 is 11.8 Å². The predicted molar refractivity (Wildman–Crippen MR) is 56.3 cm³/mol. The summed E-state index contributed by atoms with van der Waals surface area (Å²) in [6.07, 6.45) is 1.59. The minimum atomic E-state index is 0.856. The molecule has 0 saturated carbocycles. The third-order valence-electron chi connectivity index (χ3n) is 1.83. The van der Waals surface area contributed by atoms with Gasteiger partial charge in [0.25, 0.3) is 0 Å². The Morgan fingerprint density at radius 1 is 1.29 bits per heavy atom. The summed E-state index contributed by atoms with van der Waals surface area (Å²) in [7, 11) is 0. The summed E-state index contributed by atoms with van der Waals surface area (Å²) in [5.74, 6) is 0. The van der Waals surface area contributed by atoms with Crippen LogP contribution in [0.5, 0.6) is 0 Å². The number of hydrogen-bond donors (Lipinski definition) is 0. The van der Waals surface area contributed by atoms with E-state index in [2.05, 4.69) is 29.1 Å². The molecule has 0 saturated heterocycles. The van der Waals surface area contributed by atoms with Crippen LogP contribution in [0.3, 0.4) is 0 Å². The molecule has 0 spiro atoms. The van der Waals surface area contributed by atoms with Crippen molar-refractivity contribution in [3.63, 3.8) is 0 Å². The molecule has 14 heavy (non-hydrogen) atoms. The van der Waals surface area contributed by atoms with Gasteiger partial charge in [0, 0.05) is 11.4 Å². The zero-order valence-corrected chi connectivity index (χ0v) is 8.74. The summed E-state index contributed by atoms with van der Waals surface area (Å²) in [6, 6.07) is 10.2. The lowest BCUT2D eigenvalue weighted by Crippen LogP contribution is -1.97. The summed E-state index contributed by atoms with van der Waals surface area (Å²) in [4.78, 5) is 5.39. The zero-order valence-electron chi connectivity index (χ0n) is 7.92. The summed E-state index contributed by atoms with van der Waals surface area (Å²) >= 11 is 1.63. The van der Waals surface area contributed by atoms with Gasteiger partial charge in [-0.2, -0.15) is 5.10 Å². The molecule has 1 aromatic heterocycles. The first-order valence-electron chi connectivity index (χ1n) is 4.51. The summed E-state index contributed by atoms with van der Waals surface area (Å²) in [5, 5.41) is 5.06. The Morgan fingerprint density at radius 2 is 2.07 bits per heavy atom. The second kappa shape index (κ2) is 4.28. The fourth-order valence-electron chi connectivity index (χ4n) is 1.14. The van der Waals surface area contributed by atoms with Crippen molar-refractivity contribution in [3.8, 4) is 0 Å². The van der Waals surface area contributed by atoms with Crippen molar-refractivity contribution < 1.29 is 0 Å². The van der Waals surface area contributed by atoms with E-state index in [4.69, 9.17) is 0 Å². The molecule has 1 aromatic carbocycles. The molecule has 0 bridgehead atoms. The van der Waals surface area contributed by atoms with Gasteiger partial charge in [0.15, 0.2) is 5.16 Å². The fourth-order valence-corrected chi connectivity index (χ4v) is 2.03. The minimum absolute atomic E-state index is 0.856. The summed E-state index contributed by atoms with van der Waals surface area (Å²) in [6.45, 7) is 2.92. The van der Waals surface area contributed by atoms with Crippen LogP contribution in [-0.4, -0.2) is 14.8 Å². The van der Waals surface area contributed by atoms with Gasteiger partial charge < -0.3 is 0 Å². The largest absolute Gasteiger partial charge is 0.241 e. The lowest BCUT2D eigenvalue weighted by Gasteiger charge is -2.01. The standard InChI is InChI=1S/C10H11N3S/c1-2-13-10(11-8-12-13)14-9-6-4-3-5-7-9/h3-8H,2H2,1H3. The number of aryl methyl sites for hydroxylation is 1. The molecule has 0 aliphatic rings. The Bertz CT molecular complexity index is 397. The van der Waals surface area contributed by atoms with Crippen LogP contribution in [0, 0.1) is 0 Å². The molecule has 0 radical (unpaired) electrons. The highest BCUT2D eigenvalue weighted by Gasteiger charge is 2.03. The molecule has 0 unspecified atom stereocenters. The quantitative estimate of drug-likeness (QED) is 0.771. The molecule has 0 aliphatic carbocycles. The van der Waals surface area contributed by atoms with Gasteiger partial charge >= 0.3 is 0 Å². The molecule has 72 valence electrons. The average molecular weight is 205 g/mol. The number of rotatable bonds is 3. The Kier molecular flexibility index (Phi) is 2.84. The Hall–Kier alpha value is -1.29. The molecule has 2 aromatic rings. The summed E-state index contributed by atoms with van der Waals surface area (Å²) < 4.78 is 1.89. The van der Waals surface area contributed by atoms with Crippen molar-refractivity contribution in [2.24, 2.45) is 0 Å². The maximum absolute atomic E-state index is 4.20. The van der Waals surface area contributed by atoms with E-state index >= 15 is 0 Å². The molecule has 0 N–H and O–H groups in total. The van der Waals surface area contributed by atoms with Gasteiger partial charge in [-0.3, -0.25) is 0 Å². The SMILES string of the molecule is CCn1ncnc1Sc1ccccc1. The van der Waals surface area contributed by atoms with Crippen LogP contribution in [-0.2, 0) is 6.54 Å². The molecule has 1 heterocycles. The van der Waals surface area contributed by atoms with Crippen molar-refractivity contribution in [1.29, 1.82) is 0 Å².